The van der Waals surface area contributed by atoms with E-state index in [1.807, 2.05) is 5.43 Å². The van der Waals surface area contributed by atoms with Crippen molar-refractivity contribution < 1.29 is 27.2 Å². The Hall–Kier alpha value is -2.97. The van der Waals surface area contributed by atoms with Gasteiger partial charge < -0.3 is 9.73 Å². The number of anilines is 1. The van der Waals surface area contributed by atoms with Gasteiger partial charge in [0, 0.05) is 5.69 Å². The Balaban J connectivity index is 1.93. The number of aryl methyl sites for hydroxylation is 1. The van der Waals surface area contributed by atoms with Crippen molar-refractivity contribution in [1.82, 2.24) is 10.9 Å². The molecular weight excluding hydrogens is 315 g/mol. The molecule has 0 saturated heterocycles. The third-order valence-electron chi connectivity index (χ3n) is 2.84. The lowest BCUT2D eigenvalue weighted by molar-refractivity contribution is -0.137. The second kappa shape index (κ2) is 6.42. The summed E-state index contributed by atoms with van der Waals surface area (Å²) in [5, 5.41) is 2.18. The molecule has 0 saturated carbocycles. The SMILES string of the molecule is Cc1occc1C(=O)NNC(=O)Nc1cccc(C(F)(F)F)c1. The monoisotopic (exact) mass is 327 g/mol. The molecule has 0 aliphatic carbocycles. The van der Waals surface area contributed by atoms with Gasteiger partial charge in [0.15, 0.2) is 0 Å². The van der Waals surface area contributed by atoms with E-state index in [0.717, 1.165) is 18.2 Å². The number of nitrogens with one attached hydrogen (secondary N) is 3. The minimum absolute atomic E-state index is 0.0638. The molecule has 23 heavy (non-hydrogen) atoms. The highest BCUT2D eigenvalue weighted by atomic mass is 19.4. The minimum atomic E-state index is -4.51. The first-order valence-corrected chi connectivity index (χ1v) is 6.36. The van der Waals surface area contributed by atoms with Gasteiger partial charge in [0.25, 0.3) is 5.91 Å². The molecule has 2 aromatic rings. The van der Waals surface area contributed by atoms with E-state index in [-0.39, 0.29) is 11.3 Å². The molecule has 122 valence electrons. The van der Waals surface area contributed by atoms with Gasteiger partial charge in [-0.1, -0.05) is 6.07 Å². The molecule has 0 atom stereocenters. The molecular formula is C14H12F3N3O3. The summed E-state index contributed by atoms with van der Waals surface area (Å²) in [4.78, 5) is 23.3. The number of hydrogen-bond acceptors (Lipinski definition) is 3. The van der Waals surface area contributed by atoms with Gasteiger partial charge in [0.2, 0.25) is 0 Å². The average Bonchev–Trinajstić information content (AvgIpc) is 2.90. The van der Waals surface area contributed by atoms with Crippen molar-refractivity contribution in [1.29, 1.82) is 0 Å². The summed E-state index contributed by atoms with van der Waals surface area (Å²) >= 11 is 0. The van der Waals surface area contributed by atoms with E-state index >= 15 is 0 Å². The number of hydrazine groups is 1. The molecule has 1 heterocycles. The first-order chi connectivity index (χ1) is 10.8. The van der Waals surface area contributed by atoms with Crippen LogP contribution in [0.5, 0.6) is 0 Å². The Labute approximate surface area is 128 Å². The average molecular weight is 327 g/mol. The maximum Gasteiger partial charge on any atom is 0.416 e. The van der Waals surface area contributed by atoms with E-state index in [0.29, 0.717) is 5.76 Å². The number of rotatable bonds is 2. The number of alkyl halides is 3. The first kappa shape index (κ1) is 16.4. The summed E-state index contributed by atoms with van der Waals surface area (Å²) in [6, 6.07) is 4.63. The Morgan fingerprint density at radius 2 is 1.87 bits per heavy atom. The van der Waals surface area contributed by atoms with Crippen molar-refractivity contribution in [2.75, 3.05) is 5.32 Å². The van der Waals surface area contributed by atoms with Crippen LogP contribution in [0.25, 0.3) is 0 Å². The number of benzene rings is 1. The molecule has 1 aromatic heterocycles. The van der Waals surface area contributed by atoms with Gasteiger partial charge in [0.05, 0.1) is 17.4 Å². The van der Waals surface area contributed by atoms with Crippen LogP contribution in [-0.4, -0.2) is 11.9 Å². The zero-order valence-electron chi connectivity index (χ0n) is 11.8. The van der Waals surface area contributed by atoms with Crippen LogP contribution in [0.15, 0.2) is 41.0 Å². The Kier molecular flexibility index (Phi) is 4.58. The quantitative estimate of drug-likeness (QED) is 0.741. The van der Waals surface area contributed by atoms with E-state index < -0.39 is 23.7 Å². The molecule has 0 unspecified atom stereocenters. The van der Waals surface area contributed by atoms with Crippen LogP contribution in [-0.2, 0) is 6.18 Å². The maximum atomic E-state index is 12.6. The largest absolute Gasteiger partial charge is 0.469 e. The van der Waals surface area contributed by atoms with Gasteiger partial charge in [-0.05, 0) is 31.2 Å². The van der Waals surface area contributed by atoms with Crippen molar-refractivity contribution in [3.63, 3.8) is 0 Å². The number of carbonyl (C=O) groups is 2. The Morgan fingerprint density at radius 1 is 1.13 bits per heavy atom. The van der Waals surface area contributed by atoms with Crippen molar-refractivity contribution in [2.45, 2.75) is 13.1 Å². The highest BCUT2D eigenvalue weighted by molar-refractivity contribution is 5.97. The summed E-state index contributed by atoms with van der Waals surface area (Å²) in [5.74, 6) is -0.252. The lowest BCUT2D eigenvalue weighted by atomic mass is 10.2. The fourth-order valence-corrected chi connectivity index (χ4v) is 1.74. The molecule has 0 aliphatic rings. The zero-order valence-corrected chi connectivity index (χ0v) is 11.8. The third kappa shape index (κ3) is 4.25. The molecule has 1 aromatic carbocycles. The van der Waals surface area contributed by atoms with Gasteiger partial charge in [-0.2, -0.15) is 13.2 Å². The first-order valence-electron chi connectivity index (χ1n) is 6.36. The van der Waals surface area contributed by atoms with Gasteiger partial charge in [-0.3, -0.25) is 10.2 Å². The van der Waals surface area contributed by atoms with Crippen LogP contribution >= 0.6 is 0 Å². The van der Waals surface area contributed by atoms with E-state index in [1.165, 1.54) is 18.4 Å². The number of halogens is 3. The van der Waals surface area contributed by atoms with Gasteiger partial charge in [0.1, 0.15) is 5.76 Å². The van der Waals surface area contributed by atoms with Gasteiger partial charge in [-0.25, -0.2) is 10.2 Å². The van der Waals surface area contributed by atoms with Crippen molar-refractivity contribution >= 4 is 17.6 Å². The number of amides is 3. The van der Waals surface area contributed by atoms with E-state index in [4.69, 9.17) is 4.42 Å². The topological polar surface area (TPSA) is 83.4 Å². The lowest BCUT2D eigenvalue weighted by Crippen LogP contribution is -2.44. The number of carbonyl (C=O) groups excluding carboxylic acids is 2. The molecule has 0 fully saturated rings. The van der Waals surface area contributed by atoms with Crippen LogP contribution in [0.1, 0.15) is 21.7 Å². The molecule has 3 N–H and O–H groups in total. The smallest absolute Gasteiger partial charge is 0.416 e. The van der Waals surface area contributed by atoms with Crippen LogP contribution in [0.4, 0.5) is 23.7 Å². The fraction of sp³-hybridized carbons (Fsp3) is 0.143. The summed E-state index contributed by atoms with van der Waals surface area (Å²) in [6.45, 7) is 1.57. The summed E-state index contributed by atoms with van der Waals surface area (Å²) in [6.07, 6.45) is -3.20. The summed E-state index contributed by atoms with van der Waals surface area (Å²) < 4.78 is 42.6. The highest BCUT2D eigenvalue weighted by Gasteiger charge is 2.30. The number of hydrogen-bond donors (Lipinski definition) is 3. The standard InChI is InChI=1S/C14H12F3N3O3/c1-8-11(5-6-23-8)12(21)19-20-13(22)18-10-4-2-3-9(7-10)14(15,16)17/h2-7H,1H3,(H,19,21)(H2,18,20,22). The van der Waals surface area contributed by atoms with E-state index in [2.05, 4.69) is 10.7 Å². The Morgan fingerprint density at radius 3 is 2.48 bits per heavy atom. The molecule has 0 bridgehead atoms. The van der Waals surface area contributed by atoms with Crippen LogP contribution < -0.4 is 16.2 Å². The predicted octanol–water partition coefficient (Wildman–Crippen LogP) is 3.07. The third-order valence-corrected chi connectivity index (χ3v) is 2.84. The van der Waals surface area contributed by atoms with Crippen molar-refractivity contribution in [3.05, 3.63) is 53.5 Å². The Bertz CT molecular complexity index is 725. The predicted molar refractivity (Wildman–Crippen MR) is 74.5 cm³/mol. The fourth-order valence-electron chi connectivity index (χ4n) is 1.74. The van der Waals surface area contributed by atoms with Crippen LogP contribution in [0.3, 0.4) is 0 Å². The van der Waals surface area contributed by atoms with Crippen molar-refractivity contribution in [3.8, 4) is 0 Å². The zero-order chi connectivity index (χ0) is 17.0. The van der Waals surface area contributed by atoms with Crippen molar-refractivity contribution in [2.24, 2.45) is 0 Å². The number of urea groups is 1. The van der Waals surface area contributed by atoms with Gasteiger partial charge >= 0.3 is 12.2 Å². The normalized spacial score (nSPS) is 11.0. The summed E-state index contributed by atoms with van der Waals surface area (Å²) in [7, 11) is 0. The molecule has 0 spiro atoms. The van der Waals surface area contributed by atoms with E-state index in [1.54, 1.807) is 6.92 Å². The molecule has 6 nitrogen and oxygen atoms in total. The molecule has 9 heteroatoms. The lowest BCUT2D eigenvalue weighted by Gasteiger charge is -2.11. The van der Waals surface area contributed by atoms with Crippen LogP contribution in [0, 0.1) is 6.92 Å². The molecule has 0 aliphatic heterocycles. The molecule has 0 radical (unpaired) electrons. The minimum Gasteiger partial charge on any atom is -0.469 e. The highest BCUT2D eigenvalue weighted by Crippen LogP contribution is 2.30. The molecule has 2 rings (SSSR count). The number of furan rings is 1. The summed E-state index contributed by atoms with van der Waals surface area (Å²) in [5.41, 5.74) is 3.41. The van der Waals surface area contributed by atoms with Gasteiger partial charge in [-0.15, -0.1) is 0 Å². The van der Waals surface area contributed by atoms with Crippen LogP contribution in [0.2, 0.25) is 0 Å². The second-order valence-electron chi connectivity index (χ2n) is 4.50. The second-order valence-corrected chi connectivity index (χ2v) is 4.50. The maximum absolute atomic E-state index is 12.6. The van der Waals surface area contributed by atoms with E-state index in [9.17, 15) is 22.8 Å². The molecule has 3 amide bonds.